The number of halogens is 1. The summed E-state index contributed by atoms with van der Waals surface area (Å²) in [4.78, 5) is 0. The van der Waals surface area contributed by atoms with Gasteiger partial charge in [-0.2, -0.15) is 0 Å². The van der Waals surface area contributed by atoms with E-state index in [0.717, 1.165) is 25.8 Å². The molecule has 1 N–H and O–H groups in total. The highest BCUT2D eigenvalue weighted by Crippen LogP contribution is 2.33. The van der Waals surface area contributed by atoms with Gasteiger partial charge in [-0.15, -0.1) is 12.4 Å². The first-order valence-corrected chi connectivity index (χ1v) is 7.35. The van der Waals surface area contributed by atoms with Crippen molar-refractivity contribution in [1.82, 2.24) is 4.31 Å². The van der Waals surface area contributed by atoms with Gasteiger partial charge in [0.15, 0.2) is 0 Å². The van der Waals surface area contributed by atoms with E-state index in [2.05, 4.69) is 12.1 Å². The van der Waals surface area contributed by atoms with Gasteiger partial charge in [0.25, 0.3) is 0 Å². The zero-order valence-corrected chi connectivity index (χ0v) is 11.2. The van der Waals surface area contributed by atoms with Crippen LogP contribution in [0.15, 0.2) is 24.3 Å². The third-order valence-electron chi connectivity index (χ3n) is 3.46. The molecule has 1 aromatic carbocycles. The molecule has 1 atom stereocenters. The quantitative estimate of drug-likeness (QED) is 0.884. The van der Waals surface area contributed by atoms with Crippen LogP contribution < -0.4 is 0 Å². The minimum Gasteiger partial charge on any atom is -0.240 e. The standard InChI is InChI=1S/C12H16N2OS.ClH/c13-16(15,12-5-6-12)14-8-7-10-3-1-2-4-11(10)9-14;/h1-4,12-13H,5-9H2;1H. The second-order valence-electron chi connectivity index (χ2n) is 4.65. The largest absolute Gasteiger partial charge is 0.240 e. The van der Waals surface area contributed by atoms with Gasteiger partial charge in [-0.1, -0.05) is 24.3 Å². The highest BCUT2D eigenvalue weighted by Gasteiger charge is 2.37. The number of benzene rings is 1. The molecule has 3 rings (SSSR count). The fourth-order valence-corrected chi connectivity index (χ4v) is 4.19. The molecule has 1 aliphatic heterocycles. The molecule has 2 aliphatic rings. The summed E-state index contributed by atoms with van der Waals surface area (Å²) in [6.07, 6.45) is 2.87. The number of hydrogen-bond donors (Lipinski definition) is 1. The Bertz CT molecular complexity index is 511. The van der Waals surface area contributed by atoms with Crippen LogP contribution in [0.4, 0.5) is 0 Å². The highest BCUT2D eigenvalue weighted by molar-refractivity contribution is 7.91. The SMILES string of the molecule is Cl.N=S(=O)(C1CC1)N1CCc2ccccc2C1. The summed E-state index contributed by atoms with van der Waals surface area (Å²) in [5.41, 5.74) is 2.60. The number of fused-ring (bicyclic) bond motifs is 1. The molecule has 0 amide bonds. The lowest BCUT2D eigenvalue weighted by atomic mass is 10.0. The molecule has 1 saturated carbocycles. The Labute approximate surface area is 109 Å². The Morgan fingerprint density at radius 2 is 1.88 bits per heavy atom. The van der Waals surface area contributed by atoms with Crippen molar-refractivity contribution in [3.63, 3.8) is 0 Å². The Balaban J connectivity index is 0.00000108. The van der Waals surface area contributed by atoms with Gasteiger partial charge in [0.1, 0.15) is 9.92 Å². The van der Waals surface area contributed by atoms with Gasteiger partial charge in [-0.05, 0) is 30.4 Å². The molecule has 1 heterocycles. The number of nitrogens with zero attached hydrogens (tertiary/aromatic N) is 1. The number of nitrogens with one attached hydrogen (secondary N) is 1. The van der Waals surface area contributed by atoms with Gasteiger partial charge in [0, 0.05) is 13.1 Å². The second-order valence-corrected chi connectivity index (χ2v) is 6.97. The van der Waals surface area contributed by atoms with E-state index in [9.17, 15) is 4.21 Å². The van der Waals surface area contributed by atoms with E-state index in [1.165, 1.54) is 11.1 Å². The van der Waals surface area contributed by atoms with Crippen LogP contribution >= 0.6 is 12.4 Å². The monoisotopic (exact) mass is 272 g/mol. The summed E-state index contributed by atoms with van der Waals surface area (Å²) in [5, 5.41) is 0.137. The van der Waals surface area contributed by atoms with Gasteiger partial charge in [-0.3, -0.25) is 0 Å². The molecular formula is C12H17ClN2OS. The van der Waals surface area contributed by atoms with Crippen molar-refractivity contribution in [1.29, 1.82) is 4.78 Å². The van der Waals surface area contributed by atoms with Gasteiger partial charge in [0.05, 0.1) is 5.25 Å². The number of rotatable bonds is 2. The number of hydrogen-bond acceptors (Lipinski definition) is 2. The van der Waals surface area contributed by atoms with Crippen LogP contribution in [-0.4, -0.2) is 20.3 Å². The summed E-state index contributed by atoms with van der Waals surface area (Å²) in [6, 6.07) is 8.29. The molecule has 1 unspecified atom stereocenters. The zero-order chi connectivity index (χ0) is 11.2. The first-order chi connectivity index (χ1) is 7.68. The smallest absolute Gasteiger partial charge is 0.111 e. The van der Waals surface area contributed by atoms with Crippen molar-refractivity contribution in [2.75, 3.05) is 6.54 Å². The van der Waals surface area contributed by atoms with Crippen LogP contribution in [0.1, 0.15) is 24.0 Å². The molecule has 1 fully saturated rings. The van der Waals surface area contributed by atoms with Crippen LogP contribution in [0.3, 0.4) is 0 Å². The van der Waals surface area contributed by atoms with E-state index in [1.807, 2.05) is 16.4 Å². The predicted octanol–water partition coefficient (Wildman–Crippen LogP) is 2.59. The molecule has 17 heavy (non-hydrogen) atoms. The lowest BCUT2D eigenvalue weighted by molar-refractivity contribution is 0.413. The van der Waals surface area contributed by atoms with Crippen molar-refractivity contribution in [3.05, 3.63) is 35.4 Å². The highest BCUT2D eigenvalue weighted by atomic mass is 35.5. The molecule has 0 bridgehead atoms. The summed E-state index contributed by atoms with van der Waals surface area (Å²) in [6.45, 7) is 1.46. The first kappa shape index (κ1) is 12.9. The Morgan fingerprint density at radius 1 is 1.24 bits per heavy atom. The molecular weight excluding hydrogens is 256 g/mol. The van der Waals surface area contributed by atoms with Crippen molar-refractivity contribution in [2.24, 2.45) is 0 Å². The molecule has 3 nitrogen and oxygen atoms in total. The van der Waals surface area contributed by atoms with Crippen molar-refractivity contribution < 1.29 is 4.21 Å². The maximum absolute atomic E-state index is 12.3. The molecule has 0 aromatic heterocycles. The lowest BCUT2D eigenvalue weighted by Crippen LogP contribution is -2.37. The van der Waals surface area contributed by atoms with Crippen LogP contribution in [0.25, 0.3) is 0 Å². The van der Waals surface area contributed by atoms with Gasteiger partial charge >= 0.3 is 0 Å². The van der Waals surface area contributed by atoms with Gasteiger partial charge < -0.3 is 0 Å². The van der Waals surface area contributed by atoms with E-state index in [0.29, 0.717) is 6.54 Å². The average molecular weight is 273 g/mol. The van der Waals surface area contributed by atoms with Crippen LogP contribution in [0.5, 0.6) is 0 Å². The van der Waals surface area contributed by atoms with Crippen molar-refractivity contribution in [2.45, 2.75) is 31.1 Å². The maximum Gasteiger partial charge on any atom is 0.111 e. The van der Waals surface area contributed by atoms with Crippen LogP contribution in [0.2, 0.25) is 0 Å². The van der Waals surface area contributed by atoms with Crippen LogP contribution in [-0.2, 0) is 22.9 Å². The molecule has 0 saturated heterocycles. The summed E-state index contributed by atoms with van der Waals surface area (Å²) < 4.78 is 22.2. The summed E-state index contributed by atoms with van der Waals surface area (Å²) in [5.74, 6) is 0. The predicted molar refractivity (Wildman–Crippen MR) is 71.7 cm³/mol. The Hall–Kier alpha value is -0.580. The second kappa shape index (κ2) is 4.59. The third-order valence-corrected chi connectivity index (χ3v) is 5.91. The van der Waals surface area contributed by atoms with E-state index in [4.69, 9.17) is 4.78 Å². The molecule has 0 spiro atoms. The molecule has 5 heteroatoms. The van der Waals surface area contributed by atoms with E-state index in [1.54, 1.807) is 0 Å². The van der Waals surface area contributed by atoms with Crippen LogP contribution in [0, 0.1) is 4.78 Å². The molecule has 1 aliphatic carbocycles. The molecule has 0 radical (unpaired) electrons. The van der Waals surface area contributed by atoms with E-state index < -0.39 is 9.92 Å². The summed E-state index contributed by atoms with van der Waals surface area (Å²) >= 11 is 0. The van der Waals surface area contributed by atoms with Crippen molar-refractivity contribution >= 4 is 22.3 Å². The average Bonchev–Trinajstić information content (AvgIpc) is 3.12. The lowest BCUT2D eigenvalue weighted by Gasteiger charge is -2.30. The van der Waals surface area contributed by atoms with Gasteiger partial charge in [-0.25, -0.2) is 13.3 Å². The fraction of sp³-hybridized carbons (Fsp3) is 0.500. The fourth-order valence-electron chi connectivity index (χ4n) is 2.30. The van der Waals surface area contributed by atoms with Gasteiger partial charge in [0.2, 0.25) is 0 Å². The summed E-state index contributed by atoms with van der Waals surface area (Å²) in [7, 11) is -2.50. The minimum absolute atomic E-state index is 0. The molecule has 94 valence electrons. The Morgan fingerprint density at radius 3 is 2.53 bits per heavy atom. The maximum atomic E-state index is 12.3. The third kappa shape index (κ3) is 2.34. The minimum atomic E-state index is -2.50. The van der Waals surface area contributed by atoms with Crippen molar-refractivity contribution in [3.8, 4) is 0 Å². The van der Waals surface area contributed by atoms with E-state index in [-0.39, 0.29) is 17.7 Å². The Kier molecular flexibility index (Phi) is 3.48. The topological polar surface area (TPSA) is 44.2 Å². The van der Waals surface area contributed by atoms with E-state index >= 15 is 0 Å². The zero-order valence-electron chi connectivity index (χ0n) is 9.59. The first-order valence-electron chi connectivity index (χ1n) is 5.77. The molecule has 1 aromatic rings. The normalized spacial score (nSPS) is 23.3.